The van der Waals surface area contributed by atoms with Crippen LogP contribution in [0.5, 0.6) is 0 Å². The van der Waals surface area contributed by atoms with Crippen LogP contribution in [0.3, 0.4) is 0 Å². The maximum absolute atomic E-state index is 9.12. The van der Waals surface area contributed by atoms with Crippen LogP contribution in [0.15, 0.2) is 24.3 Å². The molecule has 2 N–H and O–H groups in total. The third kappa shape index (κ3) is 3.26. The van der Waals surface area contributed by atoms with E-state index in [1.54, 1.807) is 6.92 Å². The van der Waals surface area contributed by atoms with Crippen LogP contribution in [-0.4, -0.2) is 31.9 Å². The molecule has 1 aromatic carbocycles. The van der Waals surface area contributed by atoms with Gasteiger partial charge in [0.05, 0.1) is 6.10 Å². The topological polar surface area (TPSA) is 35.5 Å². The molecule has 0 aliphatic rings. The van der Waals surface area contributed by atoms with Gasteiger partial charge in [0, 0.05) is 32.0 Å². The number of nitrogens with zero attached hydrogens (tertiary/aromatic N) is 1. The van der Waals surface area contributed by atoms with Crippen molar-refractivity contribution in [3.8, 4) is 0 Å². The molecule has 0 heterocycles. The summed E-state index contributed by atoms with van der Waals surface area (Å²) in [5.41, 5.74) is 2.19. The highest BCUT2D eigenvalue weighted by Crippen LogP contribution is 2.16. The van der Waals surface area contributed by atoms with Crippen molar-refractivity contribution in [3.05, 3.63) is 24.3 Å². The first-order valence-electron chi connectivity index (χ1n) is 4.79. The number of hydrogen-bond acceptors (Lipinski definition) is 3. The van der Waals surface area contributed by atoms with E-state index in [1.807, 2.05) is 37.2 Å². The second-order valence-electron chi connectivity index (χ2n) is 3.67. The van der Waals surface area contributed by atoms with Crippen molar-refractivity contribution in [2.45, 2.75) is 13.0 Å². The van der Waals surface area contributed by atoms with Gasteiger partial charge in [-0.15, -0.1) is 0 Å². The zero-order valence-corrected chi connectivity index (χ0v) is 8.99. The second kappa shape index (κ2) is 4.86. The lowest BCUT2D eigenvalue weighted by molar-refractivity contribution is 0.208. The Morgan fingerprint density at radius 3 is 2.71 bits per heavy atom. The zero-order chi connectivity index (χ0) is 10.6. The van der Waals surface area contributed by atoms with Crippen LogP contribution in [0.1, 0.15) is 6.92 Å². The summed E-state index contributed by atoms with van der Waals surface area (Å²) in [4.78, 5) is 2.05. The largest absolute Gasteiger partial charge is 0.392 e. The number of anilines is 2. The molecule has 0 radical (unpaired) electrons. The lowest BCUT2D eigenvalue weighted by Crippen LogP contribution is -2.15. The van der Waals surface area contributed by atoms with Crippen molar-refractivity contribution in [2.75, 3.05) is 30.9 Å². The van der Waals surface area contributed by atoms with E-state index >= 15 is 0 Å². The highest BCUT2D eigenvalue weighted by atomic mass is 16.3. The standard InChI is InChI=1S/C11H18N2O/c1-9(14)8-12-10-5-4-6-11(7-10)13(2)3/h4-7,9,12,14H,8H2,1-3H3. The quantitative estimate of drug-likeness (QED) is 0.763. The lowest BCUT2D eigenvalue weighted by Gasteiger charge is -2.14. The van der Waals surface area contributed by atoms with Crippen molar-refractivity contribution >= 4 is 11.4 Å². The zero-order valence-electron chi connectivity index (χ0n) is 8.99. The first kappa shape index (κ1) is 10.9. The highest BCUT2D eigenvalue weighted by Gasteiger charge is 1.98. The molecule has 0 bridgehead atoms. The molecule has 0 amide bonds. The Bertz CT molecular complexity index is 284. The number of nitrogens with one attached hydrogen (secondary N) is 1. The maximum Gasteiger partial charge on any atom is 0.0684 e. The van der Waals surface area contributed by atoms with Crippen molar-refractivity contribution in [3.63, 3.8) is 0 Å². The number of aliphatic hydroxyl groups excluding tert-OH is 1. The summed E-state index contributed by atoms with van der Waals surface area (Å²) in [5, 5.41) is 12.3. The minimum Gasteiger partial charge on any atom is -0.392 e. The van der Waals surface area contributed by atoms with Crippen molar-refractivity contribution in [1.82, 2.24) is 0 Å². The fraction of sp³-hybridized carbons (Fsp3) is 0.455. The van der Waals surface area contributed by atoms with E-state index in [-0.39, 0.29) is 6.10 Å². The van der Waals surface area contributed by atoms with Gasteiger partial charge in [-0.25, -0.2) is 0 Å². The van der Waals surface area contributed by atoms with Crippen LogP contribution < -0.4 is 10.2 Å². The molecule has 0 aliphatic carbocycles. The van der Waals surface area contributed by atoms with E-state index in [0.29, 0.717) is 6.54 Å². The monoisotopic (exact) mass is 194 g/mol. The summed E-state index contributed by atoms with van der Waals surface area (Å²) in [7, 11) is 4.02. The number of aliphatic hydroxyl groups is 1. The number of benzene rings is 1. The van der Waals surface area contributed by atoms with E-state index in [0.717, 1.165) is 11.4 Å². The molecule has 1 atom stereocenters. The van der Waals surface area contributed by atoms with E-state index in [9.17, 15) is 0 Å². The summed E-state index contributed by atoms with van der Waals surface area (Å²) >= 11 is 0. The molecule has 0 aromatic heterocycles. The minimum absolute atomic E-state index is 0.321. The van der Waals surface area contributed by atoms with Crippen LogP contribution in [-0.2, 0) is 0 Å². The third-order valence-corrected chi connectivity index (χ3v) is 1.96. The van der Waals surface area contributed by atoms with E-state index in [2.05, 4.69) is 11.4 Å². The molecule has 0 aliphatic heterocycles. The second-order valence-corrected chi connectivity index (χ2v) is 3.67. The maximum atomic E-state index is 9.12. The summed E-state index contributed by atoms with van der Waals surface area (Å²) in [6.07, 6.45) is -0.321. The van der Waals surface area contributed by atoms with Crippen LogP contribution in [0, 0.1) is 0 Å². The Morgan fingerprint density at radius 1 is 1.43 bits per heavy atom. The first-order valence-corrected chi connectivity index (χ1v) is 4.79. The van der Waals surface area contributed by atoms with Crippen molar-refractivity contribution < 1.29 is 5.11 Å². The van der Waals surface area contributed by atoms with Gasteiger partial charge in [0.25, 0.3) is 0 Å². The normalized spacial score (nSPS) is 12.3. The molecule has 3 nitrogen and oxygen atoms in total. The molecule has 14 heavy (non-hydrogen) atoms. The van der Waals surface area contributed by atoms with Gasteiger partial charge in [0.2, 0.25) is 0 Å². The summed E-state index contributed by atoms with van der Waals surface area (Å²) in [6, 6.07) is 8.10. The van der Waals surface area contributed by atoms with Gasteiger partial charge >= 0.3 is 0 Å². The van der Waals surface area contributed by atoms with Crippen LogP contribution in [0.4, 0.5) is 11.4 Å². The van der Waals surface area contributed by atoms with Gasteiger partial charge < -0.3 is 15.3 Å². The molecular formula is C11H18N2O. The van der Waals surface area contributed by atoms with Crippen molar-refractivity contribution in [2.24, 2.45) is 0 Å². The molecule has 1 unspecified atom stereocenters. The molecule has 3 heteroatoms. The fourth-order valence-corrected chi connectivity index (χ4v) is 1.16. The molecule has 0 fully saturated rings. The number of rotatable bonds is 4. The Hall–Kier alpha value is -1.22. The van der Waals surface area contributed by atoms with E-state index < -0.39 is 0 Å². The van der Waals surface area contributed by atoms with Gasteiger partial charge in [-0.2, -0.15) is 0 Å². The van der Waals surface area contributed by atoms with Crippen LogP contribution in [0.25, 0.3) is 0 Å². The molecule has 0 spiro atoms. The molecule has 0 saturated carbocycles. The fourth-order valence-electron chi connectivity index (χ4n) is 1.16. The number of hydrogen-bond donors (Lipinski definition) is 2. The van der Waals surface area contributed by atoms with Gasteiger partial charge in [-0.1, -0.05) is 6.07 Å². The van der Waals surface area contributed by atoms with E-state index in [4.69, 9.17) is 5.11 Å². The average molecular weight is 194 g/mol. The van der Waals surface area contributed by atoms with Gasteiger partial charge in [-0.3, -0.25) is 0 Å². The Balaban J connectivity index is 2.64. The summed E-state index contributed by atoms with van der Waals surface area (Å²) in [6.45, 7) is 2.35. The summed E-state index contributed by atoms with van der Waals surface area (Å²) < 4.78 is 0. The Morgan fingerprint density at radius 2 is 2.14 bits per heavy atom. The molecule has 1 rings (SSSR count). The smallest absolute Gasteiger partial charge is 0.0684 e. The highest BCUT2D eigenvalue weighted by molar-refractivity contribution is 5.57. The predicted molar refractivity (Wildman–Crippen MR) is 60.9 cm³/mol. The Labute approximate surface area is 85.4 Å². The molecule has 0 saturated heterocycles. The summed E-state index contributed by atoms with van der Waals surface area (Å²) in [5.74, 6) is 0. The van der Waals surface area contributed by atoms with Gasteiger partial charge in [-0.05, 0) is 25.1 Å². The first-order chi connectivity index (χ1) is 6.59. The SMILES string of the molecule is CC(O)CNc1cccc(N(C)C)c1. The Kier molecular flexibility index (Phi) is 3.77. The molecular weight excluding hydrogens is 176 g/mol. The van der Waals surface area contributed by atoms with Gasteiger partial charge in [0.1, 0.15) is 0 Å². The van der Waals surface area contributed by atoms with Crippen molar-refractivity contribution in [1.29, 1.82) is 0 Å². The minimum atomic E-state index is -0.321. The average Bonchev–Trinajstić information content (AvgIpc) is 2.15. The predicted octanol–water partition coefficient (Wildman–Crippen LogP) is 1.55. The molecule has 78 valence electrons. The van der Waals surface area contributed by atoms with Gasteiger partial charge in [0.15, 0.2) is 0 Å². The molecule has 1 aromatic rings. The van der Waals surface area contributed by atoms with Crippen LogP contribution >= 0.6 is 0 Å². The van der Waals surface area contributed by atoms with E-state index in [1.165, 1.54) is 0 Å². The van der Waals surface area contributed by atoms with Crippen LogP contribution in [0.2, 0.25) is 0 Å². The third-order valence-electron chi connectivity index (χ3n) is 1.96. The lowest BCUT2D eigenvalue weighted by atomic mass is 10.2.